The predicted molar refractivity (Wildman–Crippen MR) is 77.2 cm³/mol. The molecule has 3 radical (unpaired) electrons. The van der Waals surface area contributed by atoms with Gasteiger partial charge >= 0.3 is 0 Å². The van der Waals surface area contributed by atoms with E-state index in [1.807, 2.05) is 6.20 Å². The van der Waals surface area contributed by atoms with Crippen LogP contribution in [0.1, 0.15) is 12.2 Å². The monoisotopic (exact) mass is 290 g/mol. The van der Waals surface area contributed by atoms with E-state index < -0.39 is 11.0 Å². The van der Waals surface area contributed by atoms with Crippen LogP contribution in [-0.4, -0.2) is 29.2 Å². The average molecular weight is 290 g/mol. The van der Waals surface area contributed by atoms with Crippen molar-refractivity contribution >= 4 is 19.4 Å². The summed E-state index contributed by atoms with van der Waals surface area (Å²) in [7, 11) is 0.281. The van der Waals surface area contributed by atoms with E-state index in [4.69, 9.17) is 0 Å². The molecule has 20 heavy (non-hydrogen) atoms. The Morgan fingerprint density at radius 3 is 2.95 bits per heavy atom. The Bertz CT molecular complexity index is 638. The quantitative estimate of drug-likeness (QED) is 0.871. The van der Waals surface area contributed by atoms with E-state index in [2.05, 4.69) is 14.3 Å². The largest absolute Gasteiger partial charge is 0.334 e. The minimum atomic E-state index is -1.32. The van der Waals surface area contributed by atoms with Gasteiger partial charge in [-0.2, -0.15) is 0 Å². The summed E-state index contributed by atoms with van der Waals surface area (Å²) in [5.41, 5.74) is 1.02. The van der Waals surface area contributed by atoms with Crippen molar-refractivity contribution in [1.29, 1.82) is 0 Å². The zero-order chi connectivity index (χ0) is 13.4. The summed E-state index contributed by atoms with van der Waals surface area (Å²) in [6.07, 6.45) is 3.89. The minimum absolute atomic E-state index is 0. The molecular formula is C13H14BFN3OS. The molecule has 1 aliphatic heterocycles. The van der Waals surface area contributed by atoms with Gasteiger partial charge in [-0.3, -0.25) is 0 Å². The Hall–Kier alpha value is -1.47. The van der Waals surface area contributed by atoms with Crippen LogP contribution in [0.4, 0.5) is 4.39 Å². The molecule has 0 aliphatic carbocycles. The highest BCUT2D eigenvalue weighted by Gasteiger charge is 2.17. The first-order valence-corrected chi connectivity index (χ1v) is 7.29. The van der Waals surface area contributed by atoms with Crippen molar-refractivity contribution in [2.75, 3.05) is 7.05 Å². The number of aryl methyl sites for hydroxylation is 2. The number of hydrogen-bond donors (Lipinski definition) is 1. The van der Waals surface area contributed by atoms with E-state index >= 15 is 0 Å². The zero-order valence-electron chi connectivity index (χ0n) is 11.1. The molecule has 3 rings (SSSR count). The van der Waals surface area contributed by atoms with Crippen LogP contribution in [0.5, 0.6) is 0 Å². The number of hydrogen-bond acceptors (Lipinski definition) is 2. The molecule has 0 saturated heterocycles. The molecule has 1 aliphatic rings. The maximum atomic E-state index is 13.9. The molecule has 0 bridgehead atoms. The molecule has 1 aromatic carbocycles. The highest BCUT2D eigenvalue weighted by atomic mass is 32.2. The fraction of sp³-hybridized carbons (Fsp3) is 0.308. The fourth-order valence-corrected chi connectivity index (χ4v) is 2.97. The summed E-state index contributed by atoms with van der Waals surface area (Å²) in [6.45, 7) is 0.937. The van der Waals surface area contributed by atoms with Gasteiger partial charge < -0.3 is 4.57 Å². The van der Waals surface area contributed by atoms with Crippen LogP contribution in [0, 0.1) is 5.82 Å². The zero-order valence-corrected chi connectivity index (χ0v) is 11.9. The maximum absolute atomic E-state index is 13.9. The summed E-state index contributed by atoms with van der Waals surface area (Å²) in [4.78, 5) is 5.00. The Kier molecular flexibility index (Phi) is 4.40. The van der Waals surface area contributed by atoms with Gasteiger partial charge in [0, 0.05) is 33.1 Å². The molecule has 103 valence electrons. The van der Waals surface area contributed by atoms with Gasteiger partial charge in [-0.15, -0.1) is 0 Å². The molecule has 1 N–H and O–H groups in total. The summed E-state index contributed by atoms with van der Waals surface area (Å²) >= 11 is 0. The number of fused-ring (bicyclic) bond motifs is 1. The molecule has 2 heterocycles. The highest BCUT2D eigenvalue weighted by molar-refractivity contribution is 7.83. The van der Waals surface area contributed by atoms with Gasteiger partial charge in [0.25, 0.3) is 0 Å². The first kappa shape index (κ1) is 14.9. The van der Waals surface area contributed by atoms with Crippen LogP contribution in [0.15, 0.2) is 29.3 Å². The van der Waals surface area contributed by atoms with E-state index in [0.717, 1.165) is 25.2 Å². The average Bonchev–Trinajstić information content (AvgIpc) is 2.99. The lowest BCUT2D eigenvalue weighted by Gasteiger charge is -2.04. The summed E-state index contributed by atoms with van der Waals surface area (Å²) in [6, 6.07) is 4.46. The lowest BCUT2D eigenvalue weighted by Crippen LogP contribution is -2.10. The highest BCUT2D eigenvalue weighted by Crippen LogP contribution is 2.26. The second kappa shape index (κ2) is 5.89. The molecule has 1 unspecified atom stereocenters. The van der Waals surface area contributed by atoms with Crippen LogP contribution in [0.25, 0.3) is 11.3 Å². The van der Waals surface area contributed by atoms with Gasteiger partial charge in [-0.05, 0) is 31.7 Å². The number of imidazole rings is 1. The Balaban J connectivity index is 0.00000147. The topological polar surface area (TPSA) is 46.9 Å². The summed E-state index contributed by atoms with van der Waals surface area (Å²) in [5, 5.41) is 0. The molecule has 0 amide bonds. The third kappa shape index (κ3) is 2.55. The Morgan fingerprint density at radius 1 is 1.45 bits per heavy atom. The van der Waals surface area contributed by atoms with Gasteiger partial charge in [-0.1, -0.05) is 0 Å². The van der Waals surface area contributed by atoms with Gasteiger partial charge in [0.2, 0.25) is 0 Å². The number of nitrogens with zero attached hydrogens (tertiary/aromatic N) is 2. The molecule has 1 aromatic heterocycles. The summed E-state index contributed by atoms with van der Waals surface area (Å²) in [5.74, 6) is 0.656. The molecule has 2 aromatic rings. The predicted octanol–water partition coefficient (Wildman–Crippen LogP) is 1.50. The minimum Gasteiger partial charge on any atom is -0.334 e. The van der Waals surface area contributed by atoms with Crippen LogP contribution < -0.4 is 4.72 Å². The number of rotatable bonds is 3. The molecule has 4 nitrogen and oxygen atoms in total. The van der Waals surface area contributed by atoms with Crippen molar-refractivity contribution in [1.82, 2.24) is 14.3 Å². The van der Waals surface area contributed by atoms with Crippen LogP contribution >= 0.6 is 0 Å². The lowest BCUT2D eigenvalue weighted by molar-refractivity contribution is 0.629. The van der Waals surface area contributed by atoms with E-state index in [9.17, 15) is 8.60 Å². The molecular weight excluding hydrogens is 276 g/mol. The van der Waals surface area contributed by atoms with E-state index in [-0.39, 0.29) is 14.2 Å². The normalized spacial score (nSPS) is 14.7. The molecule has 7 heteroatoms. The second-order valence-corrected chi connectivity index (χ2v) is 5.87. The SMILES string of the molecule is CNS(=O)c1ccc(F)c(-c2cn3c(n2)CCC3)c1.[B]. The number of halogens is 1. The first-order chi connectivity index (χ1) is 9.19. The summed E-state index contributed by atoms with van der Waals surface area (Å²) < 4.78 is 30.3. The van der Waals surface area contributed by atoms with Crippen molar-refractivity contribution < 1.29 is 8.60 Å². The third-order valence-electron chi connectivity index (χ3n) is 3.27. The fourth-order valence-electron chi connectivity index (χ4n) is 2.32. The van der Waals surface area contributed by atoms with Crippen molar-refractivity contribution in [2.24, 2.45) is 0 Å². The van der Waals surface area contributed by atoms with Crippen LogP contribution in [0.3, 0.4) is 0 Å². The maximum Gasteiger partial charge on any atom is 0.132 e. The lowest BCUT2D eigenvalue weighted by atomic mass is 10.1. The van der Waals surface area contributed by atoms with Gasteiger partial charge in [0.1, 0.15) is 22.6 Å². The smallest absolute Gasteiger partial charge is 0.132 e. The number of benzene rings is 1. The molecule has 0 spiro atoms. The molecule has 0 saturated carbocycles. The third-order valence-corrected chi connectivity index (χ3v) is 4.32. The standard InChI is InChI=1S/C13H14FN3OS.B/c1-15-19(18)9-4-5-11(14)10(7-9)12-8-17-6-2-3-13(17)16-12;/h4-5,7-8,15H,2-3,6H2,1H3;. The van der Waals surface area contributed by atoms with Crippen molar-refractivity contribution in [3.05, 3.63) is 36.0 Å². The van der Waals surface area contributed by atoms with Gasteiger partial charge in [-0.25, -0.2) is 18.3 Å². The van der Waals surface area contributed by atoms with E-state index in [1.165, 1.54) is 12.1 Å². The van der Waals surface area contributed by atoms with E-state index in [1.54, 1.807) is 13.1 Å². The second-order valence-electron chi connectivity index (χ2n) is 4.45. The van der Waals surface area contributed by atoms with E-state index in [0.29, 0.717) is 16.2 Å². The Labute approximate surface area is 121 Å². The van der Waals surface area contributed by atoms with Crippen LogP contribution in [0.2, 0.25) is 0 Å². The van der Waals surface area contributed by atoms with Gasteiger partial charge in [0.05, 0.1) is 10.6 Å². The first-order valence-electron chi connectivity index (χ1n) is 6.14. The number of nitrogens with one attached hydrogen (secondary N) is 1. The number of aromatic nitrogens is 2. The Morgan fingerprint density at radius 2 is 2.25 bits per heavy atom. The van der Waals surface area contributed by atoms with Gasteiger partial charge in [0.15, 0.2) is 0 Å². The van der Waals surface area contributed by atoms with Crippen LogP contribution in [-0.2, 0) is 24.0 Å². The van der Waals surface area contributed by atoms with Crippen molar-refractivity contribution in [2.45, 2.75) is 24.3 Å². The molecule has 0 fully saturated rings. The van der Waals surface area contributed by atoms with Crippen molar-refractivity contribution in [3.8, 4) is 11.3 Å². The van der Waals surface area contributed by atoms with Crippen molar-refractivity contribution in [3.63, 3.8) is 0 Å². The molecule has 1 atom stereocenters.